The molecule has 0 amide bonds. The van der Waals surface area contributed by atoms with E-state index >= 15 is 0 Å². The number of halogens is 4. The minimum absolute atomic E-state index is 0.00301. The summed E-state index contributed by atoms with van der Waals surface area (Å²) in [5, 5.41) is -0.00301. The maximum absolute atomic E-state index is 11.9. The van der Waals surface area contributed by atoms with Crippen molar-refractivity contribution in [2.75, 3.05) is 18.5 Å². The molecule has 0 radical (unpaired) electrons. The van der Waals surface area contributed by atoms with Gasteiger partial charge in [0, 0.05) is 7.05 Å². The van der Waals surface area contributed by atoms with Gasteiger partial charge in [-0.15, -0.1) is 0 Å². The first-order valence-corrected chi connectivity index (χ1v) is 4.27. The van der Waals surface area contributed by atoms with Crippen molar-refractivity contribution < 1.29 is 13.2 Å². The lowest BCUT2D eigenvalue weighted by Gasteiger charge is -2.17. The molecular weight excluding hydrogens is 227 g/mol. The van der Waals surface area contributed by atoms with Crippen LogP contribution in [0.4, 0.5) is 19.0 Å². The molecule has 13 heavy (non-hydrogen) atoms. The summed E-state index contributed by atoms with van der Waals surface area (Å²) < 4.78 is 42.9. The maximum Gasteiger partial charge on any atom is 0.405 e. The molecule has 0 spiro atoms. The Morgan fingerprint density at radius 2 is 2.08 bits per heavy atom. The van der Waals surface area contributed by atoms with E-state index in [9.17, 15) is 13.2 Å². The zero-order valence-electron chi connectivity index (χ0n) is 6.47. The zero-order chi connectivity index (χ0) is 10.1. The number of hydrogen-bond donors (Lipinski definition) is 0. The van der Waals surface area contributed by atoms with Crippen LogP contribution in [0.5, 0.6) is 0 Å². The van der Waals surface area contributed by atoms with Gasteiger partial charge in [-0.1, -0.05) is 11.6 Å². The second-order valence-electron chi connectivity index (χ2n) is 2.35. The van der Waals surface area contributed by atoms with Crippen LogP contribution in [0.25, 0.3) is 0 Å². The van der Waals surface area contributed by atoms with E-state index in [1.807, 2.05) is 0 Å². The van der Waals surface area contributed by atoms with Gasteiger partial charge in [0.05, 0.1) is 11.7 Å². The molecule has 1 aromatic heterocycles. The number of aromatic nitrogens is 2. The third-order valence-electron chi connectivity index (χ3n) is 1.21. The Morgan fingerprint density at radius 1 is 1.46 bits per heavy atom. The van der Waals surface area contributed by atoms with Gasteiger partial charge < -0.3 is 4.90 Å². The highest BCUT2D eigenvalue weighted by Gasteiger charge is 2.30. The highest BCUT2D eigenvalue weighted by atomic mass is 35.5. The summed E-state index contributed by atoms with van der Waals surface area (Å²) in [7, 11) is 1.26. The minimum atomic E-state index is -4.26. The number of hydrogen-bond acceptors (Lipinski definition) is 4. The van der Waals surface area contributed by atoms with Crippen LogP contribution < -0.4 is 4.90 Å². The van der Waals surface area contributed by atoms with Crippen LogP contribution in [-0.2, 0) is 0 Å². The van der Waals surface area contributed by atoms with Crippen LogP contribution >= 0.6 is 23.3 Å². The first-order chi connectivity index (χ1) is 5.90. The predicted molar refractivity (Wildman–Crippen MR) is 44.2 cm³/mol. The monoisotopic (exact) mass is 231 g/mol. The molecule has 74 valence electrons. The van der Waals surface area contributed by atoms with Crippen LogP contribution in [0, 0.1) is 0 Å². The van der Waals surface area contributed by atoms with E-state index in [0.29, 0.717) is 0 Å². The lowest BCUT2D eigenvalue weighted by atomic mass is 10.5. The zero-order valence-corrected chi connectivity index (χ0v) is 8.04. The summed E-state index contributed by atoms with van der Waals surface area (Å²) in [6, 6.07) is 0. The van der Waals surface area contributed by atoms with Crippen LogP contribution in [0.2, 0.25) is 5.15 Å². The Labute approximate surface area is 81.4 Å². The summed E-state index contributed by atoms with van der Waals surface area (Å²) in [6.45, 7) is -1.09. The smallest absolute Gasteiger partial charge is 0.347 e. The van der Waals surface area contributed by atoms with Gasteiger partial charge in [0.1, 0.15) is 6.54 Å². The molecule has 1 aromatic rings. The molecule has 0 bridgehead atoms. The van der Waals surface area contributed by atoms with Crippen molar-refractivity contribution in [2.24, 2.45) is 0 Å². The normalized spacial score (nSPS) is 11.8. The number of nitrogens with zero attached hydrogens (tertiary/aromatic N) is 3. The van der Waals surface area contributed by atoms with E-state index in [2.05, 4.69) is 8.75 Å². The highest BCUT2D eigenvalue weighted by Crippen LogP contribution is 2.25. The fourth-order valence-electron chi connectivity index (χ4n) is 0.744. The molecule has 0 atom stereocenters. The number of anilines is 1. The van der Waals surface area contributed by atoms with E-state index in [1.165, 1.54) is 7.05 Å². The van der Waals surface area contributed by atoms with Crippen molar-refractivity contribution in [3.05, 3.63) is 5.15 Å². The Hall–Kier alpha value is -0.560. The third kappa shape index (κ3) is 3.00. The van der Waals surface area contributed by atoms with Crippen molar-refractivity contribution in [2.45, 2.75) is 6.18 Å². The molecule has 0 fully saturated rings. The molecule has 1 rings (SSSR count). The molecule has 8 heteroatoms. The summed E-state index contributed by atoms with van der Waals surface area (Å²) in [6.07, 6.45) is -4.26. The molecule has 0 aliphatic heterocycles. The predicted octanol–water partition coefficient (Wildman–Crippen LogP) is 2.19. The van der Waals surface area contributed by atoms with Gasteiger partial charge >= 0.3 is 6.18 Å². The number of rotatable bonds is 2. The van der Waals surface area contributed by atoms with Crippen molar-refractivity contribution >= 4 is 29.1 Å². The highest BCUT2D eigenvalue weighted by molar-refractivity contribution is 6.99. The minimum Gasteiger partial charge on any atom is -0.347 e. The van der Waals surface area contributed by atoms with Crippen LogP contribution in [-0.4, -0.2) is 28.5 Å². The molecule has 0 aliphatic rings. The second-order valence-corrected chi connectivity index (χ2v) is 3.24. The number of alkyl halides is 3. The Morgan fingerprint density at radius 3 is 2.46 bits per heavy atom. The molecule has 0 saturated heterocycles. The van der Waals surface area contributed by atoms with Crippen LogP contribution in [0.1, 0.15) is 0 Å². The molecule has 3 nitrogen and oxygen atoms in total. The van der Waals surface area contributed by atoms with Gasteiger partial charge in [0.25, 0.3) is 0 Å². The molecule has 0 aliphatic carbocycles. The maximum atomic E-state index is 11.9. The van der Waals surface area contributed by atoms with E-state index in [1.54, 1.807) is 0 Å². The molecule has 1 heterocycles. The summed E-state index contributed by atoms with van der Waals surface area (Å²) >= 11 is 6.27. The lowest BCUT2D eigenvalue weighted by molar-refractivity contribution is -0.119. The Balaban J connectivity index is 2.69. The van der Waals surface area contributed by atoms with Gasteiger partial charge in [-0.3, -0.25) is 0 Å². The quantitative estimate of drug-likeness (QED) is 0.781. The van der Waals surface area contributed by atoms with E-state index in [0.717, 1.165) is 16.6 Å². The molecule has 0 unspecified atom stereocenters. The van der Waals surface area contributed by atoms with Gasteiger partial charge in [0.15, 0.2) is 11.0 Å². The van der Waals surface area contributed by atoms with E-state index in [4.69, 9.17) is 11.6 Å². The summed E-state index contributed by atoms with van der Waals surface area (Å²) in [5.74, 6) is 0.0593. The molecule has 0 saturated carbocycles. The Bertz CT molecular complexity index is 287. The summed E-state index contributed by atoms with van der Waals surface area (Å²) in [5.41, 5.74) is 0. The fourth-order valence-corrected chi connectivity index (χ4v) is 1.57. The Kier molecular flexibility index (Phi) is 2.97. The van der Waals surface area contributed by atoms with Crippen LogP contribution in [0.15, 0.2) is 0 Å². The largest absolute Gasteiger partial charge is 0.405 e. The van der Waals surface area contributed by atoms with Gasteiger partial charge in [-0.05, 0) is 0 Å². The van der Waals surface area contributed by atoms with Gasteiger partial charge in [-0.25, -0.2) is 0 Å². The van der Waals surface area contributed by atoms with Crippen molar-refractivity contribution in [1.29, 1.82) is 0 Å². The van der Waals surface area contributed by atoms with Gasteiger partial charge in [-0.2, -0.15) is 21.9 Å². The SMILES string of the molecule is CN(CC(F)(F)F)c1nsnc1Cl. The van der Waals surface area contributed by atoms with E-state index < -0.39 is 12.7 Å². The fraction of sp³-hybridized carbons (Fsp3) is 0.600. The topological polar surface area (TPSA) is 29.0 Å². The van der Waals surface area contributed by atoms with Crippen molar-refractivity contribution in [3.8, 4) is 0 Å². The average molecular weight is 232 g/mol. The first-order valence-electron chi connectivity index (χ1n) is 3.16. The van der Waals surface area contributed by atoms with Crippen molar-refractivity contribution in [3.63, 3.8) is 0 Å². The second kappa shape index (κ2) is 3.67. The molecular formula is C5H5ClF3N3S. The van der Waals surface area contributed by atoms with E-state index in [-0.39, 0.29) is 11.0 Å². The average Bonchev–Trinajstić information content (AvgIpc) is 2.30. The molecule has 0 aromatic carbocycles. The van der Waals surface area contributed by atoms with Crippen molar-refractivity contribution in [1.82, 2.24) is 8.75 Å². The molecule has 0 N–H and O–H groups in total. The summed E-state index contributed by atoms with van der Waals surface area (Å²) in [4.78, 5) is 0.909. The van der Waals surface area contributed by atoms with Gasteiger partial charge in [0.2, 0.25) is 0 Å². The standard InChI is InChI=1S/C5H5ClF3N3S/c1-12(2-5(7,8)9)4-3(6)10-13-11-4/h2H2,1H3. The third-order valence-corrected chi connectivity index (χ3v) is 2.08. The first kappa shape index (κ1) is 10.5. The lowest BCUT2D eigenvalue weighted by Crippen LogP contribution is -2.31. The van der Waals surface area contributed by atoms with Crippen LogP contribution in [0.3, 0.4) is 0 Å².